The molecule has 0 rings (SSSR count). The summed E-state index contributed by atoms with van der Waals surface area (Å²) in [6.45, 7) is 10.0. The second-order valence-electron chi connectivity index (χ2n) is 0.143. The first kappa shape index (κ1) is 36.1. The van der Waals surface area contributed by atoms with E-state index in [1.165, 1.54) is 0 Å². The molecule has 0 saturated carbocycles. The van der Waals surface area contributed by atoms with Gasteiger partial charge in [0.2, 0.25) is 0 Å². The van der Waals surface area contributed by atoms with E-state index in [4.69, 9.17) is 0 Å². The maximum atomic E-state index is 3.25. The smallest absolute Gasteiger partial charge is 0.194 e. The van der Waals surface area contributed by atoms with E-state index in [-0.39, 0.29) is 51.9 Å². The molecule has 0 nitrogen and oxygen atoms in total. The van der Waals surface area contributed by atoms with Gasteiger partial charge in [-0.1, -0.05) is 0 Å². The van der Waals surface area contributed by atoms with E-state index in [9.17, 15) is 0 Å². The van der Waals surface area contributed by atoms with Crippen molar-refractivity contribution < 1.29 is 37.1 Å². The van der Waals surface area contributed by atoms with Gasteiger partial charge in [-0.2, -0.15) is 13.8 Å². The molecule has 0 atom stereocenters. The first-order chi connectivity index (χ1) is 4.83. The van der Waals surface area contributed by atoms with E-state index in [1.807, 2.05) is 0 Å². The Morgan fingerprint density at radius 3 is 0.667 bits per heavy atom. The monoisotopic (exact) mass is 584 g/mol. The van der Waals surface area contributed by atoms with Crippen molar-refractivity contribution in [2.75, 3.05) is 0 Å². The molecule has 0 aromatic heterocycles. The summed E-state index contributed by atoms with van der Waals surface area (Å²) >= 11 is 12.6. The summed E-state index contributed by atoms with van der Waals surface area (Å²) in [7, 11) is 0. The fourth-order valence-electron chi connectivity index (χ4n) is 0. The average molecular weight is 590 g/mol. The molecular weight excluding hydrogens is 574 g/mol. The van der Waals surface area contributed by atoms with Crippen molar-refractivity contribution in [3.63, 3.8) is 0 Å². The number of rotatable bonds is 0. The number of hydrogen-bond donors (Lipinski definition) is 0. The van der Waals surface area contributed by atoms with Crippen molar-refractivity contribution in [2.24, 2.45) is 0 Å². The van der Waals surface area contributed by atoms with E-state index < -0.39 is 0 Å². The van der Waals surface area contributed by atoms with Gasteiger partial charge in [-0.25, -0.2) is 0 Å². The van der Waals surface area contributed by atoms with Gasteiger partial charge in [0.1, 0.15) is 0 Å². The van der Waals surface area contributed by atoms with Crippen LogP contribution in [0.2, 0.25) is 0 Å². The number of halogens is 4. The second-order valence-corrected chi connectivity index (χ2v) is 22.8. The van der Waals surface area contributed by atoms with Gasteiger partial charge < -0.3 is 28.7 Å². The molecule has 0 heterocycles. The Bertz CT molecular complexity index is 19.5. The third-order valence-corrected chi connectivity index (χ3v) is 0. The minimum Gasteiger partial charge on any atom is -0.358 e. The van der Waals surface area contributed by atoms with Crippen molar-refractivity contribution in [1.82, 2.24) is 0 Å². The topological polar surface area (TPSA) is 0 Å². The largest absolute Gasteiger partial charge is 0.358 e. The van der Waals surface area contributed by atoms with E-state index >= 15 is 0 Å². The van der Waals surface area contributed by atoms with Gasteiger partial charge in [0.25, 0.3) is 0 Å². The molecule has 0 aliphatic carbocycles. The van der Waals surface area contributed by atoms with Crippen LogP contribution < -0.4 is 0 Å². The molecule has 0 aromatic rings. The van der Waals surface area contributed by atoms with Gasteiger partial charge >= 0.3 is 85.9 Å². The van der Waals surface area contributed by atoms with Crippen LogP contribution >= 0.6 is 48.9 Å². The molecular formula is C6H16Br4Zr2. The molecule has 6 heteroatoms. The molecule has 0 bridgehead atoms. The fraction of sp³-hybridized carbons (Fsp3) is 0.333. The van der Waals surface area contributed by atoms with Gasteiger partial charge in [-0.05, 0) is 0 Å². The summed E-state index contributed by atoms with van der Waals surface area (Å²) in [6.07, 6.45) is 0. The van der Waals surface area contributed by atoms with Crippen LogP contribution in [-0.2, 0) is 37.1 Å². The zero-order chi connectivity index (χ0) is 9.41. The Hall–Kier alpha value is 3.69. The summed E-state index contributed by atoms with van der Waals surface area (Å²) in [5.41, 5.74) is 0. The minimum absolute atomic E-state index is 0. The molecule has 0 spiro atoms. The average Bonchev–Trinajstić information content (AvgIpc) is 1.99. The fourth-order valence-corrected chi connectivity index (χ4v) is 0. The molecule has 12 heavy (non-hydrogen) atoms. The molecule has 76 valence electrons. The van der Waals surface area contributed by atoms with Gasteiger partial charge in [0.05, 0.1) is 0 Å². The Labute approximate surface area is 126 Å². The summed E-state index contributed by atoms with van der Waals surface area (Å²) in [4.78, 5) is 0. The van der Waals surface area contributed by atoms with Gasteiger partial charge in [-0.3, -0.25) is 0 Å². The van der Waals surface area contributed by atoms with Crippen molar-refractivity contribution in [2.45, 2.75) is 13.8 Å². The molecule has 0 N–H and O–H groups in total. The van der Waals surface area contributed by atoms with Gasteiger partial charge in [0.15, 0.2) is 0 Å². The van der Waals surface area contributed by atoms with Crippen LogP contribution in [0.1, 0.15) is 13.8 Å². The minimum atomic E-state index is -0.145. The standard InChI is InChI=1S/2C2H5.2CH3.4BrH.2Zr/c2*1-2;;;;;;;;/h2*1H2,2H3;2*1H3;4*1H;;/q4*-1;;;;;2*+4/p-4. The first-order valence-corrected chi connectivity index (χ1v) is 24.7. The van der Waals surface area contributed by atoms with Gasteiger partial charge in [0, 0.05) is 0 Å². The van der Waals surface area contributed by atoms with Crippen LogP contribution in [0.4, 0.5) is 0 Å². The quantitative estimate of drug-likeness (QED) is 0.306. The SMILES string of the molecule is [Br][Zr+2][Br].[Br][Zr+2][Br].[CH2-]C.[CH2-]C.[CH3-].[CH3-]. The summed E-state index contributed by atoms with van der Waals surface area (Å²) in [5.74, 6) is 0. The summed E-state index contributed by atoms with van der Waals surface area (Å²) < 4.78 is 0. The summed E-state index contributed by atoms with van der Waals surface area (Å²) in [6, 6.07) is 0. The Morgan fingerprint density at radius 1 is 0.667 bits per heavy atom. The van der Waals surface area contributed by atoms with Crippen LogP contribution in [-0.4, -0.2) is 0 Å². The van der Waals surface area contributed by atoms with Crippen LogP contribution in [0.15, 0.2) is 0 Å². The second kappa shape index (κ2) is 85.1. The molecule has 0 unspecified atom stereocenters. The third-order valence-electron chi connectivity index (χ3n) is 0. The van der Waals surface area contributed by atoms with Crippen molar-refractivity contribution >= 4 is 48.9 Å². The van der Waals surface area contributed by atoms with E-state index in [0.29, 0.717) is 0 Å². The molecule has 0 aliphatic rings. The third kappa shape index (κ3) is 162. The zero-order valence-electron chi connectivity index (χ0n) is 7.93. The van der Waals surface area contributed by atoms with Crippen molar-refractivity contribution in [3.8, 4) is 0 Å². The van der Waals surface area contributed by atoms with Crippen LogP contribution in [0, 0.1) is 28.7 Å². The predicted octanol–water partition coefficient (Wildman–Crippen LogP) is 5.96. The molecule has 0 saturated heterocycles. The van der Waals surface area contributed by atoms with E-state index in [1.54, 1.807) is 13.8 Å². The number of hydrogen-bond acceptors (Lipinski definition) is 0. The summed E-state index contributed by atoms with van der Waals surface area (Å²) in [5, 5.41) is 0. The zero-order valence-corrected chi connectivity index (χ0v) is 19.2. The molecule has 0 fully saturated rings. The Balaban J connectivity index is -0.00000000967. The van der Waals surface area contributed by atoms with E-state index in [2.05, 4.69) is 62.7 Å². The van der Waals surface area contributed by atoms with Crippen LogP contribution in [0.25, 0.3) is 0 Å². The molecule has 0 aliphatic heterocycles. The van der Waals surface area contributed by atoms with Gasteiger partial charge in [-0.15, -0.1) is 0 Å². The molecule has 0 amide bonds. The molecule has 0 radical (unpaired) electrons. The molecule has 0 aromatic carbocycles. The maximum Gasteiger partial charge on any atom is -0.194 e. The normalized spacial score (nSPS) is 2.67. The maximum absolute atomic E-state index is 3.25. The van der Waals surface area contributed by atoms with E-state index in [0.717, 1.165) is 0 Å². The van der Waals surface area contributed by atoms with Crippen LogP contribution in [0.5, 0.6) is 0 Å². The van der Waals surface area contributed by atoms with Crippen molar-refractivity contribution in [3.05, 3.63) is 28.7 Å². The predicted molar refractivity (Wildman–Crippen MR) is 70.6 cm³/mol. The first-order valence-electron chi connectivity index (χ1n) is 2.17. The van der Waals surface area contributed by atoms with Crippen LogP contribution in [0.3, 0.4) is 0 Å². The Kier molecular flexibility index (Phi) is 256. The van der Waals surface area contributed by atoms with Crippen molar-refractivity contribution in [1.29, 1.82) is 0 Å². The Morgan fingerprint density at radius 2 is 0.667 bits per heavy atom.